The summed E-state index contributed by atoms with van der Waals surface area (Å²) in [5, 5.41) is 4.99. The minimum atomic E-state index is -0.543. The fourth-order valence-electron chi connectivity index (χ4n) is 3.52. The first-order valence-electron chi connectivity index (χ1n) is 9.71. The van der Waals surface area contributed by atoms with E-state index in [0.717, 1.165) is 15.6 Å². The molecule has 0 radical (unpaired) electrons. The summed E-state index contributed by atoms with van der Waals surface area (Å²) in [6.45, 7) is 2.16. The highest BCUT2D eigenvalue weighted by molar-refractivity contribution is 9.10. The van der Waals surface area contributed by atoms with Crippen molar-refractivity contribution in [3.8, 4) is 0 Å². The molecule has 2 amide bonds. The minimum absolute atomic E-state index is 0.0333. The van der Waals surface area contributed by atoms with E-state index in [9.17, 15) is 9.59 Å². The first-order chi connectivity index (χ1) is 14.0. The molecule has 3 rings (SSSR count). The second kappa shape index (κ2) is 9.70. The van der Waals surface area contributed by atoms with Crippen LogP contribution in [-0.4, -0.2) is 29.8 Å². The van der Waals surface area contributed by atoms with Crippen molar-refractivity contribution < 1.29 is 9.59 Å². The number of nitrogens with zero attached hydrogens (tertiary/aromatic N) is 1. The van der Waals surface area contributed by atoms with E-state index in [1.165, 1.54) is 10.8 Å². The van der Waals surface area contributed by atoms with Crippen LogP contribution >= 0.6 is 15.9 Å². The normalized spacial score (nSPS) is 11.8. The lowest BCUT2D eigenvalue weighted by atomic mass is 10.0. The maximum atomic E-state index is 13.1. The van der Waals surface area contributed by atoms with Crippen molar-refractivity contribution in [2.75, 3.05) is 7.05 Å². The second-order valence-corrected chi connectivity index (χ2v) is 8.00. The molecule has 0 aliphatic carbocycles. The molecule has 0 fully saturated rings. The van der Waals surface area contributed by atoms with Crippen LogP contribution in [-0.2, 0) is 22.6 Å². The maximum absolute atomic E-state index is 13.1. The Morgan fingerprint density at radius 3 is 2.52 bits per heavy atom. The van der Waals surface area contributed by atoms with Gasteiger partial charge in [-0.15, -0.1) is 0 Å². The van der Waals surface area contributed by atoms with Gasteiger partial charge in [0.1, 0.15) is 6.04 Å². The lowest BCUT2D eigenvalue weighted by molar-refractivity contribution is -0.140. The van der Waals surface area contributed by atoms with E-state index in [2.05, 4.69) is 45.5 Å². The number of aryl methyl sites for hydroxylation is 1. The molecule has 0 spiro atoms. The van der Waals surface area contributed by atoms with E-state index in [1.54, 1.807) is 18.9 Å². The van der Waals surface area contributed by atoms with Gasteiger partial charge in [0.25, 0.3) is 0 Å². The molecule has 0 heterocycles. The highest BCUT2D eigenvalue weighted by Crippen LogP contribution is 2.21. The van der Waals surface area contributed by atoms with Crippen molar-refractivity contribution in [2.45, 2.75) is 32.4 Å². The Balaban J connectivity index is 1.79. The highest BCUT2D eigenvalue weighted by atomic mass is 79.9. The van der Waals surface area contributed by atoms with Crippen LogP contribution in [0.25, 0.3) is 10.8 Å². The zero-order valence-corrected chi connectivity index (χ0v) is 18.3. The zero-order valence-electron chi connectivity index (χ0n) is 16.7. The van der Waals surface area contributed by atoms with Crippen molar-refractivity contribution in [3.63, 3.8) is 0 Å². The molecule has 4 nitrogen and oxygen atoms in total. The van der Waals surface area contributed by atoms with Gasteiger partial charge in [-0.25, -0.2) is 0 Å². The van der Waals surface area contributed by atoms with E-state index in [4.69, 9.17) is 0 Å². The standard InChI is InChI=1S/C24H25BrN2O2/c1-17(24(29)26-2)27(16-18-7-5-11-21(25)15-18)23(28)14-13-20-10-6-9-19-8-3-4-12-22(19)20/h3-12,15,17H,13-14,16H2,1-2H3,(H,26,29)/t17-/m0/s1. The second-order valence-electron chi connectivity index (χ2n) is 7.08. The van der Waals surface area contributed by atoms with Gasteiger partial charge < -0.3 is 10.2 Å². The van der Waals surface area contributed by atoms with Gasteiger partial charge >= 0.3 is 0 Å². The van der Waals surface area contributed by atoms with Crippen LogP contribution < -0.4 is 5.32 Å². The fraction of sp³-hybridized carbons (Fsp3) is 0.250. The SMILES string of the molecule is CNC(=O)[C@H](C)N(Cc1cccc(Br)c1)C(=O)CCc1cccc2ccccc12. The summed E-state index contributed by atoms with van der Waals surface area (Å²) in [5.74, 6) is -0.201. The summed E-state index contributed by atoms with van der Waals surface area (Å²) in [6.07, 6.45) is 0.985. The van der Waals surface area contributed by atoms with E-state index in [1.807, 2.05) is 42.5 Å². The fourth-order valence-corrected chi connectivity index (χ4v) is 3.97. The number of fused-ring (bicyclic) bond motifs is 1. The quantitative estimate of drug-likeness (QED) is 0.564. The average molecular weight is 453 g/mol. The average Bonchev–Trinajstić information content (AvgIpc) is 2.74. The molecule has 0 saturated heterocycles. The minimum Gasteiger partial charge on any atom is -0.357 e. The molecule has 150 valence electrons. The number of rotatable bonds is 7. The third kappa shape index (κ3) is 5.24. The number of nitrogens with one attached hydrogen (secondary N) is 1. The van der Waals surface area contributed by atoms with Gasteiger partial charge in [0.05, 0.1) is 0 Å². The Morgan fingerprint density at radius 1 is 1.03 bits per heavy atom. The first-order valence-corrected chi connectivity index (χ1v) is 10.5. The largest absolute Gasteiger partial charge is 0.357 e. The zero-order chi connectivity index (χ0) is 20.8. The Morgan fingerprint density at radius 2 is 1.76 bits per heavy atom. The maximum Gasteiger partial charge on any atom is 0.242 e. The smallest absolute Gasteiger partial charge is 0.242 e. The van der Waals surface area contributed by atoms with Crippen LogP contribution in [0, 0.1) is 0 Å². The summed E-state index contributed by atoms with van der Waals surface area (Å²) < 4.78 is 0.950. The van der Waals surface area contributed by atoms with Gasteiger partial charge in [-0.05, 0) is 47.4 Å². The molecule has 1 N–H and O–H groups in total. The number of carbonyl (C=O) groups excluding carboxylic acids is 2. The lowest BCUT2D eigenvalue weighted by Gasteiger charge is -2.28. The summed E-state index contributed by atoms with van der Waals surface area (Å²) in [4.78, 5) is 27.0. The van der Waals surface area contributed by atoms with Gasteiger partial charge in [-0.2, -0.15) is 0 Å². The van der Waals surface area contributed by atoms with Gasteiger partial charge in [0.2, 0.25) is 11.8 Å². The van der Waals surface area contributed by atoms with Crippen molar-refractivity contribution in [1.29, 1.82) is 0 Å². The molecular weight excluding hydrogens is 428 g/mol. The molecule has 1 atom stereocenters. The van der Waals surface area contributed by atoms with Crippen molar-refractivity contribution in [1.82, 2.24) is 10.2 Å². The predicted octanol–water partition coefficient (Wildman–Crippen LogP) is 4.70. The molecule has 0 bridgehead atoms. The first kappa shape index (κ1) is 21.1. The lowest BCUT2D eigenvalue weighted by Crippen LogP contribution is -2.46. The molecule has 0 unspecified atom stereocenters. The Labute approximate surface area is 180 Å². The molecule has 5 heteroatoms. The number of carbonyl (C=O) groups is 2. The van der Waals surface area contributed by atoms with E-state index < -0.39 is 6.04 Å². The van der Waals surface area contributed by atoms with Gasteiger partial charge in [0, 0.05) is 24.5 Å². The summed E-state index contributed by atoms with van der Waals surface area (Å²) in [7, 11) is 1.59. The molecule has 0 aliphatic rings. The molecule has 0 saturated carbocycles. The Kier molecular flexibility index (Phi) is 7.04. The van der Waals surface area contributed by atoms with Crippen LogP contribution in [0.15, 0.2) is 71.2 Å². The highest BCUT2D eigenvalue weighted by Gasteiger charge is 2.25. The number of hydrogen-bond donors (Lipinski definition) is 1. The number of benzene rings is 3. The topological polar surface area (TPSA) is 49.4 Å². The van der Waals surface area contributed by atoms with Crippen LogP contribution in [0.5, 0.6) is 0 Å². The van der Waals surface area contributed by atoms with Crippen molar-refractivity contribution >= 4 is 38.5 Å². The van der Waals surface area contributed by atoms with Crippen molar-refractivity contribution in [2.24, 2.45) is 0 Å². The van der Waals surface area contributed by atoms with E-state index >= 15 is 0 Å². The summed E-state index contributed by atoms with van der Waals surface area (Å²) in [6, 6.07) is 21.6. The van der Waals surface area contributed by atoms with Gasteiger partial charge in [-0.1, -0.05) is 70.5 Å². The summed E-state index contributed by atoms with van der Waals surface area (Å²) >= 11 is 3.47. The van der Waals surface area contributed by atoms with Crippen LogP contribution in [0.4, 0.5) is 0 Å². The number of hydrogen-bond acceptors (Lipinski definition) is 2. The molecule has 3 aromatic rings. The molecule has 29 heavy (non-hydrogen) atoms. The molecular formula is C24H25BrN2O2. The van der Waals surface area contributed by atoms with Gasteiger partial charge in [-0.3, -0.25) is 9.59 Å². The molecule has 0 aliphatic heterocycles. The number of amides is 2. The summed E-state index contributed by atoms with van der Waals surface area (Å²) in [5.41, 5.74) is 2.13. The Hall–Kier alpha value is -2.66. The molecule has 3 aromatic carbocycles. The third-order valence-electron chi connectivity index (χ3n) is 5.14. The van der Waals surface area contributed by atoms with Crippen molar-refractivity contribution in [3.05, 3.63) is 82.3 Å². The number of halogens is 1. The Bertz CT molecular complexity index is 1010. The number of likely N-dealkylation sites (N-methyl/N-ethyl adjacent to an activating group) is 1. The van der Waals surface area contributed by atoms with E-state index in [-0.39, 0.29) is 11.8 Å². The van der Waals surface area contributed by atoms with Crippen LogP contribution in [0.3, 0.4) is 0 Å². The third-order valence-corrected chi connectivity index (χ3v) is 5.64. The predicted molar refractivity (Wildman–Crippen MR) is 120 cm³/mol. The molecule has 0 aromatic heterocycles. The monoisotopic (exact) mass is 452 g/mol. The van der Waals surface area contributed by atoms with Crippen LogP contribution in [0.2, 0.25) is 0 Å². The van der Waals surface area contributed by atoms with Gasteiger partial charge in [0.15, 0.2) is 0 Å². The van der Waals surface area contributed by atoms with Crippen LogP contribution in [0.1, 0.15) is 24.5 Å². The van der Waals surface area contributed by atoms with E-state index in [0.29, 0.717) is 19.4 Å².